The Morgan fingerprint density at radius 3 is 2.75 bits per heavy atom. The summed E-state index contributed by atoms with van der Waals surface area (Å²) in [5.41, 5.74) is 4.72. The molecule has 2 heteroatoms. The fraction of sp³-hybridized carbons (Fsp3) is 0.278. The highest BCUT2D eigenvalue weighted by atomic mass is 16.4. The average molecular weight is 266 g/mol. The summed E-state index contributed by atoms with van der Waals surface area (Å²) in [4.78, 5) is 11.6. The van der Waals surface area contributed by atoms with Crippen molar-refractivity contribution in [2.75, 3.05) is 0 Å². The van der Waals surface area contributed by atoms with Crippen molar-refractivity contribution in [3.63, 3.8) is 0 Å². The topological polar surface area (TPSA) is 37.3 Å². The summed E-state index contributed by atoms with van der Waals surface area (Å²) >= 11 is 0. The van der Waals surface area contributed by atoms with Crippen LogP contribution < -0.4 is 0 Å². The molecule has 1 aliphatic rings. The van der Waals surface area contributed by atoms with Crippen molar-refractivity contribution in [3.8, 4) is 0 Å². The van der Waals surface area contributed by atoms with Crippen LogP contribution in [0, 0.1) is 6.92 Å². The van der Waals surface area contributed by atoms with Gasteiger partial charge in [-0.3, -0.25) is 4.79 Å². The van der Waals surface area contributed by atoms with Crippen molar-refractivity contribution in [2.24, 2.45) is 0 Å². The fourth-order valence-electron chi connectivity index (χ4n) is 3.12. The van der Waals surface area contributed by atoms with Crippen LogP contribution in [0.2, 0.25) is 0 Å². The van der Waals surface area contributed by atoms with Gasteiger partial charge >= 0.3 is 5.97 Å². The Kier molecular flexibility index (Phi) is 3.31. The summed E-state index contributed by atoms with van der Waals surface area (Å²) in [7, 11) is 0. The van der Waals surface area contributed by atoms with Gasteiger partial charge in [0.25, 0.3) is 0 Å². The molecule has 0 spiro atoms. The molecule has 0 saturated heterocycles. The highest BCUT2D eigenvalue weighted by molar-refractivity contribution is 5.76. The van der Waals surface area contributed by atoms with Crippen LogP contribution in [0.5, 0.6) is 0 Å². The molecule has 3 rings (SSSR count). The molecule has 20 heavy (non-hydrogen) atoms. The average Bonchev–Trinajstić information content (AvgIpc) is 2.39. The molecule has 0 bridgehead atoms. The van der Waals surface area contributed by atoms with E-state index in [2.05, 4.69) is 12.1 Å². The Balaban J connectivity index is 1.82. The van der Waals surface area contributed by atoms with E-state index in [9.17, 15) is 9.90 Å². The van der Waals surface area contributed by atoms with Gasteiger partial charge in [0.2, 0.25) is 0 Å². The molecule has 0 amide bonds. The predicted molar refractivity (Wildman–Crippen MR) is 79.1 cm³/mol. The van der Waals surface area contributed by atoms with Crippen molar-refractivity contribution in [2.45, 2.75) is 31.6 Å². The summed E-state index contributed by atoms with van der Waals surface area (Å²) in [6.45, 7) is 2.00. The van der Waals surface area contributed by atoms with Crippen molar-refractivity contribution in [1.29, 1.82) is 0 Å². The van der Waals surface area contributed by atoms with E-state index in [-0.39, 0.29) is 0 Å². The maximum atomic E-state index is 11.6. The first-order valence-corrected chi connectivity index (χ1v) is 7.02. The molecule has 2 aromatic carbocycles. The van der Waals surface area contributed by atoms with Gasteiger partial charge in [-0.2, -0.15) is 0 Å². The third-order valence-corrected chi connectivity index (χ3v) is 4.22. The van der Waals surface area contributed by atoms with Crippen LogP contribution in [0.15, 0.2) is 48.5 Å². The number of carboxylic acids is 1. The van der Waals surface area contributed by atoms with E-state index in [4.69, 9.17) is 0 Å². The molecule has 0 heterocycles. The fourth-order valence-corrected chi connectivity index (χ4v) is 3.12. The lowest BCUT2D eigenvalue weighted by molar-refractivity contribution is -0.139. The van der Waals surface area contributed by atoms with Crippen molar-refractivity contribution in [1.82, 2.24) is 0 Å². The Hall–Kier alpha value is -2.09. The van der Waals surface area contributed by atoms with E-state index in [1.54, 1.807) is 0 Å². The molecule has 0 fully saturated rings. The lowest BCUT2D eigenvalue weighted by Crippen LogP contribution is -2.22. The maximum absolute atomic E-state index is 11.6. The quantitative estimate of drug-likeness (QED) is 0.911. The number of benzene rings is 2. The van der Waals surface area contributed by atoms with E-state index < -0.39 is 11.9 Å². The lowest BCUT2D eigenvalue weighted by atomic mass is 9.72. The first-order valence-electron chi connectivity index (χ1n) is 7.02. The molecule has 0 saturated carbocycles. The van der Waals surface area contributed by atoms with Gasteiger partial charge in [-0.05, 0) is 42.4 Å². The van der Waals surface area contributed by atoms with Crippen molar-refractivity contribution in [3.05, 3.63) is 70.8 Å². The SMILES string of the molecule is Cc1cccc(C(CC2Cc3ccccc32)C(=O)O)c1. The van der Waals surface area contributed by atoms with Crippen LogP contribution in [0.25, 0.3) is 0 Å². The molecule has 1 aliphatic carbocycles. The number of hydrogen-bond donors (Lipinski definition) is 1. The zero-order valence-corrected chi connectivity index (χ0v) is 11.5. The minimum absolute atomic E-state index is 0.382. The van der Waals surface area contributed by atoms with Crippen LogP contribution in [0.4, 0.5) is 0 Å². The highest BCUT2D eigenvalue weighted by Crippen LogP contribution is 2.41. The lowest BCUT2D eigenvalue weighted by Gasteiger charge is -2.32. The van der Waals surface area contributed by atoms with Gasteiger partial charge < -0.3 is 5.11 Å². The molecular weight excluding hydrogens is 248 g/mol. The van der Waals surface area contributed by atoms with E-state index in [1.807, 2.05) is 43.3 Å². The summed E-state index contributed by atoms with van der Waals surface area (Å²) in [5.74, 6) is -0.749. The van der Waals surface area contributed by atoms with Crippen LogP contribution >= 0.6 is 0 Å². The Labute approximate surface area is 119 Å². The maximum Gasteiger partial charge on any atom is 0.310 e. The monoisotopic (exact) mass is 266 g/mol. The zero-order chi connectivity index (χ0) is 14.1. The third-order valence-electron chi connectivity index (χ3n) is 4.22. The number of aliphatic carboxylic acids is 1. The largest absolute Gasteiger partial charge is 0.481 e. The molecule has 1 N–H and O–H groups in total. The Morgan fingerprint density at radius 2 is 2.05 bits per heavy atom. The number of aryl methyl sites for hydroxylation is 1. The zero-order valence-electron chi connectivity index (χ0n) is 11.5. The number of rotatable bonds is 4. The second-order valence-electron chi connectivity index (χ2n) is 5.64. The van der Waals surface area contributed by atoms with Gasteiger partial charge in [0.05, 0.1) is 5.92 Å². The number of fused-ring (bicyclic) bond motifs is 1. The number of carboxylic acid groups (broad SMARTS) is 1. The van der Waals surface area contributed by atoms with Gasteiger partial charge in [0.15, 0.2) is 0 Å². The smallest absolute Gasteiger partial charge is 0.310 e. The van der Waals surface area contributed by atoms with Gasteiger partial charge in [0, 0.05) is 0 Å². The van der Waals surface area contributed by atoms with Crippen LogP contribution in [0.3, 0.4) is 0 Å². The molecule has 2 unspecified atom stereocenters. The summed E-state index contributed by atoms with van der Waals surface area (Å²) in [6.07, 6.45) is 1.70. The number of carbonyl (C=O) groups is 1. The molecule has 2 atom stereocenters. The predicted octanol–water partition coefficient (Wildman–Crippen LogP) is 3.89. The van der Waals surface area contributed by atoms with Gasteiger partial charge in [0.1, 0.15) is 0 Å². The van der Waals surface area contributed by atoms with E-state index in [0.717, 1.165) is 17.5 Å². The highest BCUT2D eigenvalue weighted by Gasteiger charge is 2.31. The first-order chi connectivity index (χ1) is 9.65. The molecule has 102 valence electrons. The molecule has 0 radical (unpaired) electrons. The standard InChI is InChI=1S/C18H18O2/c1-12-5-4-7-13(9-12)17(18(19)20)11-15-10-14-6-2-3-8-16(14)15/h2-9,15,17H,10-11H2,1H3,(H,19,20). The van der Waals surface area contributed by atoms with Crippen LogP contribution in [0.1, 0.15) is 40.5 Å². The molecule has 2 aromatic rings. The Morgan fingerprint density at radius 1 is 1.25 bits per heavy atom. The Bertz CT molecular complexity index is 645. The minimum Gasteiger partial charge on any atom is -0.481 e. The molecule has 2 nitrogen and oxygen atoms in total. The summed E-state index contributed by atoms with van der Waals surface area (Å²) < 4.78 is 0. The van der Waals surface area contributed by atoms with Crippen LogP contribution in [-0.4, -0.2) is 11.1 Å². The first kappa shape index (κ1) is 12.9. The summed E-state index contributed by atoms with van der Waals surface area (Å²) in [5, 5.41) is 9.53. The van der Waals surface area contributed by atoms with Crippen LogP contribution in [-0.2, 0) is 11.2 Å². The second-order valence-corrected chi connectivity index (χ2v) is 5.64. The van der Waals surface area contributed by atoms with Gasteiger partial charge in [-0.1, -0.05) is 54.1 Å². The minimum atomic E-state index is -0.722. The third kappa shape index (κ3) is 2.34. The van der Waals surface area contributed by atoms with E-state index in [1.165, 1.54) is 11.1 Å². The summed E-state index contributed by atoms with van der Waals surface area (Å²) in [6, 6.07) is 16.2. The van der Waals surface area contributed by atoms with E-state index in [0.29, 0.717) is 12.3 Å². The van der Waals surface area contributed by atoms with E-state index >= 15 is 0 Å². The normalized spacial score (nSPS) is 17.9. The van der Waals surface area contributed by atoms with Gasteiger partial charge in [-0.25, -0.2) is 0 Å². The van der Waals surface area contributed by atoms with Crippen molar-refractivity contribution >= 4 is 5.97 Å². The van der Waals surface area contributed by atoms with Crippen molar-refractivity contribution < 1.29 is 9.90 Å². The molecular formula is C18H18O2. The number of hydrogen-bond acceptors (Lipinski definition) is 1. The molecule has 0 aliphatic heterocycles. The second kappa shape index (κ2) is 5.12. The molecule has 0 aromatic heterocycles. The van der Waals surface area contributed by atoms with Gasteiger partial charge in [-0.15, -0.1) is 0 Å².